The van der Waals surface area contributed by atoms with Crippen molar-refractivity contribution >= 4 is 17.7 Å². The molecule has 2 aromatic carbocycles. The van der Waals surface area contributed by atoms with Crippen LogP contribution >= 0.6 is 0 Å². The number of hydrogen-bond donors (Lipinski definition) is 2. The second-order valence-electron chi connectivity index (χ2n) is 9.14. The first kappa shape index (κ1) is 22.7. The van der Waals surface area contributed by atoms with Crippen molar-refractivity contribution in [1.82, 2.24) is 10.6 Å². The Bertz CT molecular complexity index is 892. The molecular weight excluding hydrogens is 390 g/mol. The molecule has 1 heterocycles. The van der Waals surface area contributed by atoms with Crippen LogP contribution in [0.2, 0.25) is 0 Å². The number of para-hydroxylation sites is 1. The maximum absolute atomic E-state index is 13.2. The van der Waals surface area contributed by atoms with Gasteiger partial charge in [0.2, 0.25) is 5.91 Å². The molecule has 0 bridgehead atoms. The summed E-state index contributed by atoms with van der Waals surface area (Å²) in [5.41, 5.74) is 2.83. The molecule has 2 aromatic rings. The number of hydrogen-bond acceptors (Lipinski definition) is 4. The number of carbonyl (C=O) groups is 2. The number of carbonyl (C=O) groups excluding carboxylic acids is 2. The van der Waals surface area contributed by atoms with E-state index in [9.17, 15) is 9.59 Å². The van der Waals surface area contributed by atoms with E-state index in [0.717, 1.165) is 18.4 Å². The Morgan fingerprint density at radius 1 is 1.10 bits per heavy atom. The molecule has 0 spiro atoms. The van der Waals surface area contributed by atoms with Crippen LogP contribution in [0.1, 0.15) is 38.3 Å². The van der Waals surface area contributed by atoms with Crippen LogP contribution in [-0.4, -0.2) is 43.3 Å². The summed E-state index contributed by atoms with van der Waals surface area (Å²) in [5.74, 6) is -0.195. The highest BCUT2D eigenvalue weighted by atomic mass is 16.6. The number of rotatable bonds is 5. The standard InChI is InChI=1S/C25H33N3O3/c1-25(2,3)31-24(30)27-21(16-18-10-6-5-7-11-18)23(29)26-20-15-14-19-12-8-9-13-22(19)28(4)17-20/h5-13,20-21H,14-17H2,1-4H3,(H,26,29)(H,27,30). The van der Waals surface area contributed by atoms with E-state index in [1.54, 1.807) is 20.8 Å². The molecule has 1 aliphatic rings. The van der Waals surface area contributed by atoms with Gasteiger partial charge in [-0.2, -0.15) is 0 Å². The maximum Gasteiger partial charge on any atom is 0.408 e. The monoisotopic (exact) mass is 423 g/mol. The Morgan fingerprint density at radius 2 is 1.77 bits per heavy atom. The molecule has 1 aliphatic heterocycles. The molecule has 2 amide bonds. The van der Waals surface area contributed by atoms with Crippen molar-refractivity contribution in [2.75, 3.05) is 18.5 Å². The predicted octanol–water partition coefficient (Wildman–Crippen LogP) is 3.69. The van der Waals surface area contributed by atoms with E-state index in [1.807, 2.05) is 49.5 Å². The minimum Gasteiger partial charge on any atom is -0.444 e. The van der Waals surface area contributed by atoms with E-state index in [0.29, 0.717) is 13.0 Å². The van der Waals surface area contributed by atoms with Gasteiger partial charge in [0.25, 0.3) is 0 Å². The quantitative estimate of drug-likeness (QED) is 0.770. The van der Waals surface area contributed by atoms with Gasteiger partial charge in [0.05, 0.1) is 0 Å². The minimum atomic E-state index is -0.715. The smallest absolute Gasteiger partial charge is 0.408 e. The van der Waals surface area contributed by atoms with E-state index >= 15 is 0 Å². The van der Waals surface area contributed by atoms with Crippen LogP contribution in [-0.2, 0) is 22.4 Å². The highest BCUT2D eigenvalue weighted by Crippen LogP contribution is 2.25. The first-order chi connectivity index (χ1) is 14.7. The number of benzene rings is 2. The third-order valence-electron chi connectivity index (χ3n) is 5.30. The van der Waals surface area contributed by atoms with Crippen molar-refractivity contribution in [2.45, 2.75) is 57.7 Å². The molecule has 0 radical (unpaired) electrons. The summed E-state index contributed by atoms with van der Waals surface area (Å²) in [6, 6.07) is 17.3. The van der Waals surface area contributed by atoms with Gasteiger partial charge in [-0.1, -0.05) is 48.5 Å². The largest absolute Gasteiger partial charge is 0.444 e. The van der Waals surface area contributed by atoms with E-state index < -0.39 is 17.7 Å². The number of ether oxygens (including phenoxy) is 1. The van der Waals surface area contributed by atoms with E-state index in [-0.39, 0.29) is 11.9 Å². The molecular formula is C25H33N3O3. The molecule has 3 rings (SSSR count). The van der Waals surface area contributed by atoms with Gasteiger partial charge in [0.15, 0.2) is 0 Å². The summed E-state index contributed by atoms with van der Waals surface area (Å²) in [6.45, 7) is 6.13. The van der Waals surface area contributed by atoms with Crippen LogP contribution in [0, 0.1) is 0 Å². The van der Waals surface area contributed by atoms with Crippen molar-refractivity contribution in [3.63, 3.8) is 0 Å². The van der Waals surface area contributed by atoms with Crippen LogP contribution in [0.25, 0.3) is 0 Å². The van der Waals surface area contributed by atoms with Crippen LogP contribution in [0.5, 0.6) is 0 Å². The molecule has 0 aromatic heterocycles. The second-order valence-corrected chi connectivity index (χ2v) is 9.14. The zero-order chi connectivity index (χ0) is 22.4. The van der Waals surface area contributed by atoms with E-state index in [4.69, 9.17) is 4.74 Å². The lowest BCUT2D eigenvalue weighted by molar-refractivity contribution is -0.123. The number of aryl methyl sites for hydroxylation is 1. The van der Waals surface area contributed by atoms with E-state index in [2.05, 4.69) is 27.7 Å². The highest BCUT2D eigenvalue weighted by molar-refractivity contribution is 5.86. The van der Waals surface area contributed by atoms with Gasteiger partial charge in [-0.25, -0.2) is 4.79 Å². The van der Waals surface area contributed by atoms with Crippen molar-refractivity contribution in [3.8, 4) is 0 Å². The Hall–Kier alpha value is -3.02. The minimum absolute atomic E-state index is 0.0105. The molecule has 0 aliphatic carbocycles. The van der Waals surface area contributed by atoms with E-state index in [1.165, 1.54) is 11.3 Å². The molecule has 0 fully saturated rings. The normalized spacial score (nSPS) is 17.2. The average Bonchev–Trinajstić information content (AvgIpc) is 2.86. The van der Waals surface area contributed by atoms with Crippen molar-refractivity contribution in [1.29, 1.82) is 0 Å². The molecule has 2 unspecified atom stereocenters. The third kappa shape index (κ3) is 6.74. The fourth-order valence-electron chi connectivity index (χ4n) is 3.87. The Morgan fingerprint density at radius 3 is 2.48 bits per heavy atom. The molecule has 2 atom stereocenters. The first-order valence-electron chi connectivity index (χ1n) is 10.8. The van der Waals surface area contributed by atoms with Crippen LogP contribution in [0.3, 0.4) is 0 Å². The summed E-state index contributed by atoms with van der Waals surface area (Å²) in [6.07, 6.45) is 1.55. The van der Waals surface area contributed by atoms with Crippen molar-refractivity contribution in [3.05, 3.63) is 65.7 Å². The summed E-state index contributed by atoms with van der Waals surface area (Å²) < 4.78 is 5.39. The van der Waals surface area contributed by atoms with Crippen molar-refractivity contribution in [2.24, 2.45) is 0 Å². The van der Waals surface area contributed by atoms with Crippen LogP contribution in [0.15, 0.2) is 54.6 Å². The highest BCUT2D eigenvalue weighted by Gasteiger charge is 2.28. The van der Waals surface area contributed by atoms with Crippen LogP contribution < -0.4 is 15.5 Å². The van der Waals surface area contributed by atoms with Crippen molar-refractivity contribution < 1.29 is 14.3 Å². The lowest BCUT2D eigenvalue weighted by Crippen LogP contribution is -2.53. The zero-order valence-electron chi connectivity index (χ0n) is 18.9. The fourth-order valence-corrected chi connectivity index (χ4v) is 3.87. The lowest BCUT2D eigenvalue weighted by Gasteiger charge is -2.27. The number of nitrogens with zero attached hydrogens (tertiary/aromatic N) is 1. The SMILES string of the molecule is CN1CC(NC(=O)C(Cc2ccccc2)NC(=O)OC(C)(C)C)CCc2ccccc21. The topological polar surface area (TPSA) is 70.7 Å². The van der Waals surface area contributed by atoms with Gasteiger partial charge in [-0.05, 0) is 50.8 Å². The number of anilines is 1. The lowest BCUT2D eigenvalue weighted by atomic mass is 10.0. The fraction of sp³-hybridized carbons (Fsp3) is 0.440. The summed E-state index contributed by atoms with van der Waals surface area (Å²) in [7, 11) is 2.05. The van der Waals surface area contributed by atoms with Gasteiger partial charge in [-0.15, -0.1) is 0 Å². The Balaban J connectivity index is 1.69. The average molecular weight is 424 g/mol. The second kappa shape index (κ2) is 9.86. The number of nitrogens with one attached hydrogen (secondary N) is 2. The van der Waals surface area contributed by atoms with Gasteiger partial charge >= 0.3 is 6.09 Å². The Labute approximate surface area is 185 Å². The molecule has 2 N–H and O–H groups in total. The number of amides is 2. The first-order valence-corrected chi connectivity index (χ1v) is 10.8. The number of fused-ring (bicyclic) bond motifs is 1. The molecule has 31 heavy (non-hydrogen) atoms. The molecule has 0 saturated heterocycles. The number of alkyl carbamates (subject to hydrolysis) is 1. The number of likely N-dealkylation sites (N-methyl/N-ethyl adjacent to an activating group) is 1. The summed E-state index contributed by atoms with van der Waals surface area (Å²) >= 11 is 0. The molecule has 0 saturated carbocycles. The Kier molecular flexibility index (Phi) is 7.21. The summed E-state index contributed by atoms with van der Waals surface area (Å²) in [4.78, 5) is 27.8. The maximum atomic E-state index is 13.2. The molecule has 6 nitrogen and oxygen atoms in total. The summed E-state index contributed by atoms with van der Waals surface area (Å²) in [5, 5.41) is 5.93. The van der Waals surface area contributed by atoms with Gasteiger partial charge in [0, 0.05) is 31.7 Å². The third-order valence-corrected chi connectivity index (χ3v) is 5.30. The van der Waals surface area contributed by atoms with Crippen LogP contribution in [0.4, 0.5) is 10.5 Å². The van der Waals surface area contributed by atoms with Gasteiger partial charge < -0.3 is 20.3 Å². The van der Waals surface area contributed by atoms with Gasteiger partial charge in [0.1, 0.15) is 11.6 Å². The molecule has 6 heteroatoms. The molecule has 166 valence electrons. The predicted molar refractivity (Wildman–Crippen MR) is 123 cm³/mol. The zero-order valence-corrected chi connectivity index (χ0v) is 18.9. The van der Waals surface area contributed by atoms with Gasteiger partial charge in [-0.3, -0.25) is 4.79 Å².